The molecule has 0 saturated carbocycles. The maximum absolute atomic E-state index is 11.3. The number of carbonyl (C=O) groups excluding carboxylic acids is 1. The molecule has 1 fully saturated rings. The Morgan fingerprint density at radius 3 is 2.69 bits per heavy atom. The summed E-state index contributed by atoms with van der Waals surface area (Å²) < 4.78 is 2.71. The molecule has 94 valence electrons. The lowest BCUT2D eigenvalue weighted by Gasteiger charge is -2.29. The van der Waals surface area contributed by atoms with Gasteiger partial charge in [-0.05, 0) is 44.1 Å². The summed E-state index contributed by atoms with van der Waals surface area (Å²) in [6.07, 6.45) is 4.44. The van der Waals surface area contributed by atoms with Gasteiger partial charge in [0.2, 0.25) is 0 Å². The third-order valence-electron chi connectivity index (χ3n) is 3.44. The normalized spacial score (nSPS) is 20.2. The van der Waals surface area contributed by atoms with Crippen LogP contribution in [0.3, 0.4) is 0 Å². The molecule has 16 heavy (non-hydrogen) atoms. The Kier molecular flexibility index (Phi) is 6.08. The lowest BCUT2D eigenvalue weighted by molar-refractivity contribution is -0.111. The van der Waals surface area contributed by atoms with Crippen LogP contribution >= 0.6 is 11.8 Å². The second-order valence-corrected chi connectivity index (χ2v) is 11.2. The summed E-state index contributed by atoms with van der Waals surface area (Å²) in [5, 5.41) is 0.375. The lowest BCUT2D eigenvalue weighted by atomic mass is 10.2. The molecule has 1 aliphatic heterocycles. The average Bonchev–Trinajstić information content (AvgIpc) is 2.53. The summed E-state index contributed by atoms with van der Waals surface area (Å²) in [7, 11) is -1.02. The lowest BCUT2D eigenvalue weighted by Crippen LogP contribution is -2.43. The van der Waals surface area contributed by atoms with E-state index in [1.165, 1.54) is 43.7 Å². The SMILES string of the molecule is CCSC(=O)CCCCN1CCC[Si]1(C)C. The largest absolute Gasteiger partial charge is 0.324 e. The molecule has 0 aromatic rings. The van der Waals surface area contributed by atoms with Gasteiger partial charge in [0.05, 0.1) is 0 Å². The molecule has 1 heterocycles. The van der Waals surface area contributed by atoms with Crippen molar-refractivity contribution in [2.24, 2.45) is 0 Å². The first-order chi connectivity index (χ1) is 7.56. The van der Waals surface area contributed by atoms with Crippen LogP contribution < -0.4 is 0 Å². The minimum Gasteiger partial charge on any atom is -0.324 e. The van der Waals surface area contributed by atoms with Crippen molar-refractivity contribution in [1.29, 1.82) is 0 Å². The number of rotatable bonds is 6. The van der Waals surface area contributed by atoms with Crippen LogP contribution in [0.5, 0.6) is 0 Å². The molecule has 0 aliphatic carbocycles. The molecule has 0 bridgehead atoms. The van der Waals surface area contributed by atoms with E-state index in [0.29, 0.717) is 5.12 Å². The Morgan fingerprint density at radius 2 is 2.12 bits per heavy atom. The van der Waals surface area contributed by atoms with Crippen LogP contribution in [-0.2, 0) is 4.79 Å². The van der Waals surface area contributed by atoms with Gasteiger partial charge in [0.15, 0.2) is 5.12 Å². The van der Waals surface area contributed by atoms with Crippen LogP contribution in [0.25, 0.3) is 0 Å². The van der Waals surface area contributed by atoms with Crippen LogP contribution in [0.2, 0.25) is 19.1 Å². The molecule has 1 saturated heterocycles. The van der Waals surface area contributed by atoms with Crippen molar-refractivity contribution in [1.82, 2.24) is 4.57 Å². The van der Waals surface area contributed by atoms with E-state index in [9.17, 15) is 4.79 Å². The maximum Gasteiger partial charge on any atom is 0.188 e. The number of carbonyl (C=O) groups is 1. The summed E-state index contributed by atoms with van der Waals surface area (Å²) in [5.41, 5.74) is 0. The minimum absolute atomic E-state index is 0.375. The summed E-state index contributed by atoms with van der Waals surface area (Å²) in [4.78, 5) is 11.3. The van der Waals surface area contributed by atoms with Gasteiger partial charge in [-0.25, -0.2) is 0 Å². The Bertz CT molecular complexity index is 233. The van der Waals surface area contributed by atoms with E-state index in [2.05, 4.69) is 17.7 Å². The molecular weight excluding hydrogens is 234 g/mol. The first kappa shape index (κ1) is 14.3. The number of unbranched alkanes of at least 4 members (excludes halogenated alkanes) is 1. The highest BCUT2D eigenvalue weighted by Gasteiger charge is 2.33. The molecule has 0 aromatic heterocycles. The van der Waals surface area contributed by atoms with Gasteiger partial charge in [-0.3, -0.25) is 4.79 Å². The molecule has 0 amide bonds. The summed E-state index contributed by atoms with van der Waals surface area (Å²) >= 11 is 1.47. The third kappa shape index (κ3) is 4.59. The molecule has 0 N–H and O–H groups in total. The van der Waals surface area contributed by atoms with Gasteiger partial charge in [0, 0.05) is 6.42 Å². The zero-order valence-corrected chi connectivity index (χ0v) is 12.7. The van der Waals surface area contributed by atoms with E-state index in [0.717, 1.165) is 18.6 Å². The topological polar surface area (TPSA) is 20.3 Å². The van der Waals surface area contributed by atoms with E-state index < -0.39 is 8.24 Å². The smallest absolute Gasteiger partial charge is 0.188 e. The molecule has 4 heteroatoms. The molecule has 0 unspecified atom stereocenters. The summed E-state index contributed by atoms with van der Waals surface area (Å²) in [6.45, 7) is 9.51. The van der Waals surface area contributed by atoms with Crippen LogP contribution in [0.1, 0.15) is 32.6 Å². The molecule has 1 rings (SSSR count). The third-order valence-corrected chi connectivity index (χ3v) is 7.99. The molecular formula is C12H25NOSSi. The average molecular weight is 259 g/mol. The van der Waals surface area contributed by atoms with E-state index >= 15 is 0 Å². The standard InChI is InChI=1S/C12H25NOSSi/c1-4-15-12(14)8-5-6-9-13-10-7-11-16(13,2)3/h4-11H2,1-3H3. The van der Waals surface area contributed by atoms with Crippen molar-refractivity contribution in [3.63, 3.8) is 0 Å². The van der Waals surface area contributed by atoms with Gasteiger partial charge in [0.1, 0.15) is 8.24 Å². The van der Waals surface area contributed by atoms with Gasteiger partial charge >= 0.3 is 0 Å². The second-order valence-electron chi connectivity index (χ2n) is 5.17. The number of nitrogens with zero attached hydrogens (tertiary/aromatic N) is 1. The Balaban J connectivity index is 2.09. The van der Waals surface area contributed by atoms with Crippen LogP contribution in [0.15, 0.2) is 0 Å². The van der Waals surface area contributed by atoms with E-state index in [1.54, 1.807) is 0 Å². The Morgan fingerprint density at radius 1 is 1.38 bits per heavy atom. The molecule has 2 nitrogen and oxygen atoms in total. The molecule has 0 radical (unpaired) electrons. The Labute approximate surface area is 105 Å². The minimum atomic E-state index is -1.02. The fraction of sp³-hybridized carbons (Fsp3) is 0.917. The van der Waals surface area contributed by atoms with Gasteiger partial charge < -0.3 is 4.57 Å². The van der Waals surface area contributed by atoms with Gasteiger partial charge in [-0.1, -0.05) is 31.8 Å². The number of hydrogen-bond acceptors (Lipinski definition) is 3. The summed E-state index contributed by atoms with van der Waals surface area (Å²) in [5.74, 6) is 0.922. The fourth-order valence-corrected chi connectivity index (χ4v) is 5.86. The predicted octanol–water partition coefficient (Wildman–Crippen LogP) is 3.35. The number of thioether (sulfide) groups is 1. The van der Waals surface area contributed by atoms with Crippen molar-refractivity contribution >= 4 is 25.1 Å². The first-order valence-electron chi connectivity index (χ1n) is 6.47. The van der Waals surface area contributed by atoms with Crippen molar-refractivity contribution in [2.75, 3.05) is 18.8 Å². The monoisotopic (exact) mass is 259 g/mol. The van der Waals surface area contributed by atoms with Crippen molar-refractivity contribution < 1.29 is 4.79 Å². The highest BCUT2D eigenvalue weighted by molar-refractivity contribution is 8.13. The fourth-order valence-electron chi connectivity index (χ4n) is 2.38. The molecule has 0 aromatic carbocycles. The second kappa shape index (κ2) is 6.82. The van der Waals surface area contributed by atoms with Crippen LogP contribution in [0.4, 0.5) is 0 Å². The maximum atomic E-state index is 11.3. The quantitative estimate of drug-likeness (QED) is 0.539. The molecule has 0 atom stereocenters. The predicted molar refractivity (Wildman–Crippen MR) is 75.5 cm³/mol. The highest BCUT2D eigenvalue weighted by atomic mass is 32.2. The molecule has 0 spiro atoms. The van der Waals surface area contributed by atoms with E-state index in [1.807, 2.05) is 6.92 Å². The van der Waals surface area contributed by atoms with E-state index in [4.69, 9.17) is 0 Å². The zero-order valence-electron chi connectivity index (χ0n) is 10.9. The van der Waals surface area contributed by atoms with Gasteiger partial charge in [0.25, 0.3) is 0 Å². The van der Waals surface area contributed by atoms with Crippen molar-refractivity contribution in [3.05, 3.63) is 0 Å². The molecule has 1 aliphatic rings. The highest BCUT2D eigenvalue weighted by Crippen LogP contribution is 2.25. The summed E-state index contributed by atoms with van der Waals surface area (Å²) in [6, 6.07) is 1.46. The van der Waals surface area contributed by atoms with Crippen molar-refractivity contribution in [3.8, 4) is 0 Å². The van der Waals surface area contributed by atoms with Crippen LogP contribution in [0, 0.1) is 0 Å². The van der Waals surface area contributed by atoms with Crippen LogP contribution in [-0.4, -0.2) is 36.8 Å². The van der Waals surface area contributed by atoms with E-state index in [-0.39, 0.29) is 0 Å². The van der Waals surface area contributed by atoms with Gasteiger partial charge in [-0.2, -0.15) is 0 Å². The first-order valence-corrected chi connectivity index (χ1v) is 10.6. The van der Waals surface area contributed by atoms with Gasteiger partial charge in [-0.15, -0.1) is 0 Å². The zero-order chi connectivity index (χ0) is 12.0. The number of hydrogen-bond donors (Lipinski definition) is 0. The van der Waals surface area contributed by atoms with Crippen molar-refractivity contribution in [2.45, 2.75) is 51.7 Å². The Hall–Kier alpha value is 0.197.